The molecule has 0 aromatic heterocycles. The standard InChI is InChI=1S/C17H21NO4S/c1-13-10-16(8-9-17(13)22-2)23(20,21)18-15(12-19)11-14-6-4-3-5-7-14/h3-10,15,18-19H,11-12H2,1-2H3. The van der Waals surface area contributed by atoms with Crippen molar-refractivity contribution < 1.29 is 18.3 Å². The molecule has 0 bridgehead atoms. The first-order chi connectivity index (χ1) is 11.0. The Morgan fingerprint density at radius 2 is 1.87 bits per heavy atom. The summed E-state index contributed by atoms with van der Waals surface area (Å²) in [6.07, 6.45) is 0.422. The lowest BCUT2D eigenvalue weighted by Gasteiger charge is -2.17. The van der Waals surface area contributed by atoms with Gasteiger partial charge in [-0.1, -0.05) is 30.3 Å². The molecule has 0 heterocycles. The average Bonchev–Trinajstić information content (AvgIpc) is 2.55. The van der Waals surface area contributed by atoms with Gasteiger partial charge in [0.2, 0.25) is 10.0 Å². The van der Waals surface area contributed by atoms with Crippen LogP contribution in [0.4, 0.5) is 0 Å². The van der Waals surface area contributed by atoms with Crippen molar-refractivity contribution >= 4 is 10.0 Å². The number of aliphatic hydroxyl groups excluding tert-OH is 1. The van der Waals surface area contributed by atoms with Gasteiger partial charge >= 0.3 is 0 Å². The lowest BCUT2D eigenvalue weighted by atomic mass is 10.1. The zero-order chi connectivity index (χ0) is 16.9. The summed E-state index contributed by atoms with van der Waals surface area (Å²) in [5.74, 6) is 0.631. The third-order valence-corrected chi connectivity index (χ3v) is 5.06. The van der Waals surface area contributed by atoms with Crippen molar-refractivity contribution in [3.63, 3.8) is 0 Å². The van der Waals surface area contributed by atoms with Crippen LogP contribution in [0.2, 0.25) is 0 Å². The summed E-state index contributed by atoms with van der Waals surface area (Å²) in [4.78, 5) is 0.155. The molecule has 0 radical (unpaired) electrons. The highest BCUT2D eigenvalue weighted by atomic mass is 32.2. The molecule has 0 aliphatic carbocycles. The van der Waals surface area contributed by atoms with Crippen LogP contribution in [-0.2, 0) is 16.4 Å². The fourth-order valence-electron chi connectivity index (χ4n) is 2.35. The molecule has 0 saturated carbocycles. The largest absolute Gasteiger partial charge is 0.496 e. The van der Waals surface area contributed by atoms with E-state index in [1.807, 2.05) is 30.3 Å². The first-order valence-corrected chi connectivity index (χ1v) is 8.76. The highest BCUT2D eigenvalue weighted by molar-refractivity contribution is 7.89. The quantitative estimate of drug-likeness (QED) is 0.810. The van der Waals surface area contributed by atoms with E-state index in [-0.39, 0.29) is 11.5 Å². The minimum absolute atomic E-state index is 0.155. The second kappa shape index (κ2) is 7.59. The Morgan fingerprint density at radius 1 is 1.17 bits per heavy atom. The van der Waals surface area contributed by atoms with E-state index in [1.165, 1.54) is 13.2 Å². The van der Waals surface area contributed by atoms with Crippen molar-refractivity contribution in [2.75, 3.05) is 13.7 Å². The highest BCUT2D eigenvalue weighted by Crippen LogP contribution is 2.21. The Bertz CT molecular complexity index is 744. The molecule has 23 heavy (non-hydrogen) atoms. The maximum atomic E-state index is 12.5. The lowest BCUT2D eigenvalue weighted by Crippen LogP contribution is -2.39. The predicted octanol–water partition coefficient (Wildman–Crippen LogP) is 1.89. The van der Waals surface area contributed by atoms with Crippen LogP contribution in [0, 0.1) is 6.92 Å². The summed E-state index contributed by atoms with van der Waals surface area (Å²) < 4.78 is 32.7. The fourth-order valence-corrected chi connectivity index (χ4v) is 3.66. The minimum atomic E-state index is -3.70. The third-order valence-electron chi connectivity index (χ3n) is 3.54. The summed E-state index contributed by atoms with van der Waals surface area (Å²) in [5.41, 5.74) is 1.69. The number of aryl methyl sites for hydroxylation is 1. The van der Waals surface area contributed by atoms with Crippen molar-refractivity contribution in [1.82, 2.24) is 4.72 Å². The van der Waals surface area contributed by atoms with Gasteiger partial charge in [-0.3, -0.25) is 0 Å². The molecule has 1 atom stereocenters. The maximum absolute atomic E-state index is 12.5. The van der Waals surface area contributed by atoms with E-state index in [1.54, 1.807) is 19.1 Å². The molecule has 0 amide bonds. The van der Waals surface area contributed by atoms with Gasteiger partial charge in [0.1, 0.15) is 5.75 Å². The molecule has 2 aromatic carbocycles. The number of methoxy groups -OCH3 is 1. The zero-order valence-corrected chi connectivity index (χ0v) is 14.0. The molecular weight excluding hydrogens is 314 g/mol. The van der Waals surface area contributed by atoms with Crippen LogP contribution in [-0.4, -0.2) is 33.3 Å². The van der Waals surface area contributed by atoms with E-state index in [2.05, 4.69) is 4.72 Å². The van der Waals surface area contributed by atoms with Crippen LogP contribution in [0.3, 0.4) is 0 Å². The molecule has 0 fully saturated rings. The molecule has 0 aliphatic heterocycles. The number of rotatable bonds is 7. The van der Waals surface area contributed by atoms with Gasteiger partial charge in [0, 0.05) is 6.04 Å². The molecule has 1 unspecified atom stereocenters. The van der Waals surface area contributed by atoms with Gasteiger partial charge in [0.15, 0.2) is 0 Å². The Labute approximate surface area is 137 Å². The molecule has 124 valence electrons. The molecule has 0 saturated heterocycles. The molecule has 2 aromatic rings. The van der Waals surface area contributed by atoms with Crippen LogP contribution in [0.25, 0.3) is 0 Å². The molecule has 5 nitrogen and oxygen atoms in total. The van der Waals surface area contributed by atoms with Crippen LogP contribution in [0.1, 0.15) is 11.1 Å². The monoisotopic (exact) mass is 335 g/mol. The van der Waals surface area contributed by atoms with Gasteiger partial charge in [0.25, 0.3) is 0 Å². The second-order valence-electron chi connectivity index (χ2n) is 5.32. The van der Waals surface area contributed by atoms with Crippen molar-refractivity contribution in [2.45, 2.75) is 24.3 Å². The Morgan fingerprint density at radius 3 is 2.43 bits per heavy atom. The molecule has 2 rings (SSSR count). The van der Waals surface area contributed by atoms with E-state index in [0.717, 1.165) is 11.1 Å². The normalized spacial score (nSPS) is 12.8. The average molecular weight is 335 g/mol. The summed E-state index contributed by atoms with van der Waals surface area (Å²) >= 11 is 0. The summed E-state index contributed by atoms with van der Waals surface area (Å²) in [7, 11) is -2.17. The molecule has 2 N–H and O–H groups in total. The van der Waals surface area contributed by atoms with Gasteiger partial charge in [-0.2, -0.15) is 0 Å². The minimum Gasteiger partial charge on any atom is -0.496 e. The first kappa shape index (κ1) is 17.5. The number of sulfonamides is 1. The van der Waals surface area contributed by atoms with Gasteiger partial charge in [0.05, 0.1) is 18.6 Å². The number of hydrogen-bond acceptors (Lipinski definition) is 4. The topological polar surface area (TPSA) is 75.6 Å². The van der Waals surface area contributed by atoms with Crippen LogP contribution >= 0.6 is 0 Å². The maximum Gasteiger partial charge on any atom is 0.240 e. The smallest absolute Gasteiger partial charge is 0.240 e. The van der Waals surface area contributed by atoms with E-state index in [4.69, 9.17) is 4.74 Å². The van der Waals surface area contributed by atoms with E-state index >= 15 is 0 Å². The Hall–Kier alpha value is -1.89. The number of nitrogens with one attached hydrogen (secondary N) is 1. The SMILES string of the molecule is COc1ccc(S(=O)(=O)NC(CO)Cc2ccccc2)cc1C. The number of benzene rings is 2. The van der Waals surface area contributed by atoms with Crippen molar-refractivity contribution in [1.29, 1.82) is 0 Å². The van der Waals surface area contributed by atoms with Crippen LogP contribution in [0.15, 0.2) is 53.4 Å². The van der Waals surface area contributed by atoms with E-state index < -0.39 is 16.1 Å². The summed E-state index contributed by atoms with van der Waals surface area (Å²) in [5, 5.41) is 9.49. The lowest BCUT2D eigenvalue weighted by molar-refractivity contribution is 0.256. The first-order valence-electron chi connectivity index (χ1n) is 7.28. The molecule has 0 aliphatic rings. The number of ether oxygens (including phenoxy) is 1. The van der Waals surface area contributed by atoms with Gasteiger partial charge < -0.3 is 9.84 Å². The second-order valence-corrected chi connectivity index (χ2v) is 7.04. The van der Waals surface area contributed by atoms with Crippen molar-refractivity contribution in [3.8, 4) is 5.75 Å². The van der Waals surface area contributed by atoms with Gasteiger partial charge in [-0.25, -0.2) is 13.1 Å². The number of hydrogen-bond donors (Lipinski definition) is 2. The van der Waals surface area contributed by atoms with Gasteiger partial charge in [-0.05, 0) is 42.7 Å². The van der Waals surface area contributed by atoms with E-state index in [9.17, 15) is 13.5 Å². The van der Waals surface area contributed by atoms with Crippen molar-refractivity contribution in [3.05, 3.63) is 59.7 Å². The molecular formula is C17H21NO4S. The summed E-state index contributed by atoms with van der Waals surface area (Å²) in [6.45, 7) is 1.51. The molecule has 0 spiro atoms. The van der Waals surface area contributed by atoms with Crippen LogP contribution in [0.5, 0.6) is 5.75 Å². The molecule has 6 heteroatoms. The predicted molar refractivity (Wildman–Crippen MR) is 89.1 cm³/mol. The summed E-state index contributed by atoms with van der Waals surface area (Å²) in [6, 6.07) is 13.5. The fraction of sp³-hybridized carbons (Fsp3) is 0.294. The van der Waals surface area contributed by atoms with Crippen LogP contribution < -0.4 is 9.46 Å². The van der Waals surface area contributed by atoms with E-state index in [0.29, 0.717) is 12.2 Å². The number of aliphatic hydroxyl groups is 1. The van der Waals surface area contributed by atoms with Gasteiger partial charge in [-0.15, -0.1) is 0 Å². The van der Waals surface area contributed by atoms with Crippen molar-refractivity contribution in [2.24, 2.45) is 0 Å². The Kier molecular flexibility index (Phi) is 5.76. The Balaban J connectivity index is 2.17. The highest BCUT2D eigenvalue weighted by Gasteiger charge is 2.20. The third kappa shape index (κ3) is 4.54. The zero-order valence-electron chi connectivity index (χ0n) is 13.2.